The quantitative estimate of drug-likeness (QED) is 0.740. The maximum atomic E-state index is 13.4. The zero-order valence-electron chi connectivity index (χ0n) is 14.8. The second-order valence-corrected chi connectivity index (χ2v) is 7.50. The van der Waals surface area contributed by atoms with Crippen molar-refractivity contribution >= 4 is 5.91 Å². The predicted molar refractivity (Wildman–Crippen MR) is 92.2 cm³/mol. The number of carbonyl (C=O) groups excluding carboxylic acids is 1. The zero-order valence-corrected chi connectivity index (χ0v) is 14.8. The van der Waals surface area contributed by atoms with E-state index in [1.807, 2.05) is 0 Å². The highest BCUT2D eigenvalue weighted by Gasteiger charge is 2.42. The maximum absolute atomic E-state index is 13.4. The van der Waals surface area contributed by atoms with E-state index in [4.69, 9.17) is 0 Å². The second kappa shape index (κ2) is 7.98. The smallest absolute Gasteiger partial charge is 0.256 e. The maximum Gasteiger partial charge on any atom is 0.256 e. The third-order valence-corrected chi connectivity index (χ3v) is 5.44. The van der Waals surface area contributed by atoms with Crippen LogP contribution in [-0.2, 0) is 11.3 Å². The standard InChI is InChI=1S/C19H26F2N2O3/c20-16-7-2-13(10-17(16)21)11-23-9-1-8-19(26,18(23)25)12-22-14-3-5-15(24)6-4-14/h2,7,10,14-15,22,24,26H,1,3-6,8-9,11-12H2/t14?,15?,19-/m1/s1. The minimum Gasteiger partial charge on any atom is -0.393 e. The van der Waals surface area contributed by atoms with E-state index in [0.29, 0.717) is 24.9 Å². The average Bonchev–Trinajstić information content (AvgIpc) is 2.62. The number of hydrogen-bond acceptors (Lipinski definition) is 4. The van der Waals surface area contributed by atoms with Gasteiger partial charge in [0.1, 0.15) is 0 Å². The molecule has 1 aliphatic heterocycles. The van der Waals surface area contributed by atoms with Gasteiger partial charge in [-0.05, 0) is 56.2 Å². The fraction of sp³-hybridized carbons (Fsp3) is 0.632. The molecule has 144 valence electrons. The van der Waals surface area contributed by atoms with E-state index in [1.165, 1.54) is 11.0 Å². The number of piperidine rings is 1. The number of amides is 1. The van der Waals surface area contributed by atoms with E-state index < -0.39 is 17.2 Å². The van der Waals surface area contributed by atoms with Gasteiger partial charge in [-0.15, -0.1) is 0 Å². The highest BCUT2D eigenvalue weighted by Crippen LogP contribution is 2.25. The SMILES string of the molecule is O=C1N(Cc2ccc(F)c(F)c2)CCC[C@@]1(O)CNC1CCC(O)CC1. The molecule has 7 heteroatoms. The summed E-state index contributed by atoms with van der Waals surface area (Å²) >= 11 is 0. The van der Waals surface area contributed by atoms with Crippen LogP contribution in [0.5, 0.6) is 0 Å². The molecule has 2 aliphatic rings. The van der Waals surface area contributed by atoms with Crippen molar-refractivity contribution in [1.82, 2.24) is 10.2 Å². The number of nitrogens with one attached hydrogen (secondary N) is 1. The van der Waals surface area contributed by atoms with Crippen LogP contribution in [0.25, 0.3) is 0 Å². The lowest BCUT2D eigenvalue weighted by Crippen LogP contribution is -2.58. The molecule has 3 N–H and O–H groups in total. The lowest BCUT2D eigenvalue weighted by Gasteiger charge is -2.39. The average molecular weight is 368 g/mol. The first-order valence-corrected chi connectivity index (χ1v) is 9.24. The minimum absolute atomic E-state index is 0.147. The highest BCUT2D eigenvalue weighted by molar-refractivity contribution is 5.86. The van der Waals surface area contributed by atoms with Gasteiger partial charge in [0.05, 0.1) is 6.10 Å². The number of halogens is 2. The minimum atomic E-state index is -1.48. The zero-order chi connectivity index (χ0) is 18.7. The van der Waals surface area contributed by atoms with Crippen LogP contribution < -0.4 is 5.32 Å². The fourth-order valence-electron chi connectivity index (χ4n) is 3.83. The van der Waals surface area contributed by atoms with Crippen molar-refractivity contribution in [2.75, 3.05) is 13.1 Å². The molecule has 0 aromatic heterocycles. The van der Waals surface area contributed by atoms with Gasteiger partial charge in [-0.25, -0.2) is 8.78 Å². The third-order valence-electron chi connectivity index (χ3n) is 5.44. The largest absolute Gasteiger partial charge is 0.393 e. The number of aliphatic hydroxyl groups excluding tert-OH is 1. The molecular formula is C19H26F2N2O3. The normalized spacial score (nSPS) is 29.8. The van der Waals surface area contributed by atoms with Gasteiger partial charge >= 0.3 is 0 Å². The molecule has 0 spiro atoms. The lowest BCUT2D eigenvalue weighted by atomic mass is 9.89. The summed E-state index contributed by atoms with van der Waals surface area (Å²) in [7, 11) is 0. The Labute approximate surface area is 152 Å². The van der Waals surface area contributed by atoms with Crippen molar-refractivity contribution in [3.63, 3.8) is 0 Å². The van der Waals surface area contributed by atoms with E-state index in [9.17, 15) is 23.8 Å². The molecule has 1 aromatic rings. The van der Waals surface area contributed by atoms with Crippen LogP contribution in [0.2, 0.25) is 0 Å². The molecule has 1 amide bonds. The third kappa shape index (κ3) is 4.39. The topological polar surface area (TPSA) is 72.8 Å². The number of benzene rings is 1. The predicted octanol–water partition coefficient (Wildman–Crippen LogP) is 1.71. The van der Waals surface area contributed by atoms with E-state index in [-0.39, 0.29) is 31.1 Å². The Bertz CT molecular complexity index is 650. The van der Waals surface area contributed by atoms with Crippen LogP contribution in [0.1, 0.15) is 44.1 Å². The first-order chi connectivity index (χ1) is 12.4. The summed E-state index contributed by atoms with van der Waals surface area (Å²) in [5.74, 6) is -2.24. The van der Waals surface area contributed by atoms with E-state index in [0.717, 1.165) is 37.8 Å². The number of nitrogens with zero attached hydrogens (tertiary/aromatic N) is 1. The molecular weight excluding hydrogens is 342 g/mol. The molecule has 0 bridgehead atoms. The van der Waals surface area contributed by atoms with Crippen LogP contribution >= 0.6 is 0 Å². The molecule has 0 radical (unpaired) electrons. The van der Waals surface area contributed by atoms with Crippen molar-refractivity contribution < 1.29 is 23.8 Å². The number of aliphatic hydroxyl groups is 2. The van der Waals surface area contributed by atoms with Gasteiger partial charge in [-0.3, -0.25) is 4.79 Å². The summed E-state index contributed by atoms with van der Waals surface area (Å²) in [6, 6.07) is 3.77. The van der Waals surface area contributed by atoms with Crippen LogP contribution in [0.3, 0.4) is 0 Å². The van der Waals surface area contributed by atoms with E-state index >= 15 is 0 Å². The van der Waals surface area contributed by atoms with E-state index in [1.54, 1.807) is 0 Å². The van der Waals surface area contributed by atoms with Crippen molar-refractivity contribution in [3.8, 4) is 0 Å². The molecule has 5 nitrogen and oxygen atoms in total. The molecule has 26 heavy (non-hydrogen) atoms. The van der Waals surface area contributed by atoms with Crippen LogP contribution in [-0.4, -0.2) is 51.9 Å². The van der Waals surface area contributed by atoms with Crippen molar-refractivity contribution in [1.29, 1.82) is 0 Å². The summed E-state index contributed by atoms with van der Waals surface area (Å²) in [5, 5.41) is 23.7. The first kappa shape index (κ1) is 19.2. The van der Waals surface area contributed by atoms with Crippen molar-refractivity contribution in [2.45, 2.75) is 62.8 Å². The van der Waals surface area contributed by atoms with Gasteiger partial charge < -0.3 is 20.4 Å². The Morgan fingerprint density at radius 2 is 1.92 bits per heavy atom. The number of carbonyl (C=O) groups is 1. The molecule has 1 atom stereocenters. The lowest BCUT2D eigenvalue weighted by molar-refractivity contribution is -0.157. The van der Waals surface area contributed by atoms with Gasteiger partial charge in [0.25, 0.3) is 5.91 Å². The fourth-order valence-corrected chi connectivity index (χ4v) is 3.83. The summed E-state index contributed by atoms with van der Waals surface area (Å²) in [6.07, 6.45) is 3.88. The Kier molecular flexibility index (Phi) is 5.89. The van der Waals surface area contributed by atoms with Crippen molar-refractivity contribution in [2.24, 2.45) is 0 Å². The van der Waals surface area contributed by atoms with E-state index in [2.05, 4.69) is 5.32 Å². The monoisotopic (exact) mass is 368 g/mol. The van der Waals surface area contributed by atoms with Crippen molar-refractivity contribution in [3.05, 3.63) is 35.4 Å². The van der Waals surface area contributed by atoms with Crippen LogP contribution in [0.15, 0.2) is 18.2 Å². The first-order valence-electron chi connectivity index (χ1n) is 9.24. The molecule has 1 aromatic carbocycles. The number of rotatable bonds is 5. The van der Waals surface area contributed by atoms with Gasteiger partial charge in [-0.1, -0.05) is 6.07 Å². The van der Waals surface area contributed by atoms with Gasteiger partial charge in [-0.2, -0.15) is 0 Å². The molecule has 0 unspecified atom stereocenters. The molecule has 2 fully saturated rings. The number of hydrogen-bond donors (Lipinski definition) is 3. The van der Waals surface area contributed by atoms with Crippen LogP contribution in [0.4, 0.5) is 8.78 Å². The second-order valence-electron chi connectivity index (χ2n) is 7.50. The molecule has 1 saturated heterocycles. The summed E-state index contributed by atoms with van der Waals surface area (Å²) in [4.78, 5) is 14.3. The Morgan fingerprint density at radius 1 is 1.19 bits per heavy atom. The molecule has 1 aliphatic carbocycles. The summed E-state index contributed by atoms with van der Waals surface area (Å²) in [5.41, 5.74) is -0.983. The van der Waals surface area contributed by atoms with Crippen LogP contribution in [0, 0.1) is 11.6 Å². The van der Waals surface area contributed by atoms with Gasteiger partial charge in [0.2, 0.25) is 0 Å². The van der Waals surface area contributed by atoms with Gasteiger partial charge in [0, 0.05) is 25.7 Å². The highest BCUT2D eigenvalue weighted by atomic mass is 19.2. The number of likely N-dealkylation sites (tertiary alicyclic amines) is 1. The Hall–Kier alpha value is -1.57. The summed E-state index contributed by atoms with van der Waals surface area (Å²) in [6.45, 7) is 0.796. The Balaban J connectivity index is 1.59. The Morgan fingerprint density at radius 3 is 2.62 bits per heavy atom. The van der Waals surface area contributed by atoms with Gasteiger partial charge in [0.15, 0.2) is 17.2 Å². The molecule has 3 rings (SSSR count). The summed E-state index contributed by atoms with van der Waals surface area (Å²) < 4.78 is 26.4. The molecule has 1 heterocycles. The molecule has 1 saturated carbocycles.